The van der Waals surface area contributed by atoms with Gasteiger partial charge in [-0.3, -0.25) is 0 Å². The van der Waals surface area contributed by atoms with Crippen LogP contribution in [-0.4, -0.2) is 20.1 Å². The zero-order valence-corrected chi connectivity index (χ0v) is 15.7. The fourth-order valence-electron chi connectivity index (χ4n) is 2.54. The first kappa shape index (κ1) is 17.2. The highest BCUT2D eigenvalue weighted by Crippen LogP contribution is 2.23. The number of hydrogen-bond donors (Lipinski definition) is 1. The van der Waals surface area contributed by atoms with E-state index in [-0.39, 0.29) is 6.61 Å². The highest BCUT2D eigenvalue weighted by molar-refractivity contribution is 7.13. The standard InChI is InChI=1S/C19H17N5O2S/c1-12-9-13(2)21-19(20-12)22-14-5-3-6-15(10-14)25-11-17-23-18(24-26-17)16-7-4-8-27-16/h3-10H,11H2,1-2H3,(H,20,21,22). The van der Waals surface area contributed by atoms with Crippen LogP contribution >= 0.6 is 11.3 Å². The monoisotopic (exact) mass is 379 g/mol. The summed E-state index contributed by atoms with van der Waals surface area (Å²) in [5.41, 5.74) is 2.66. The number of anilines is 2. The molecule has 0 aliphatic heterocycles. The molecule has 0 unspecified atom stereocenters. The van der Waals surface area contributed by atoms with Crippen molar-refractivity contribution < 1.29 is 9.26 Å². The Bertz CT molecular complexity index is 1030. The first-order chi connectivity index (χ1) is 13.2. The van der Waals surface area contributed by atoms with E-state index >= 15 is 0 Å². The number of aryl methyl sites for hydroxylation is 2. The van der Waals surface area contributed by atoms with Gasteiger partial charge in [0.05, 0.1) is 4.88 Å². The van der Waals surface area contributed by atoms with E-state index in [9.17, 15) is 0 Å². The molecule has 0 saturated carbocycles. The Kier molecular flexibility index (Phi) is 4.80. The molecule has 0 aliphatic rings. The lowest BCUT2D eigenvalue weighted by molar-refractivity contribution is 0.243. The molecule has 0 radical (unpaired) electrons. The summed E-state index contributed by atoms with van der Waals surface area (Å²) in [4.78, 5) is 14.1. The van der Waals surface area contributed by atoms with Gasteiger partial charge in [-0.1, -0.05) is 17.3 Å². The Labute approximate surface area is 160 Å². The number of hydrogen-bond acceptors (Lipinski definition) is 8. The largest absolute Gasteiger partial charge is 0.484 e. The van der Waals surface area contributed by atoms with E-state index in [1.807, 2.05) is 61.7 Å². The summed E-state index contributed by atoms with van der Waals surface area (Å²) in [6.45, 7) is 4.07. The fourth-order valence-corrected chi connectivity index (χ4v) is 3.19. The molecule has 0 spiro atoms. The average Bonchev–Trinajstić information content (AvgIpc) is 3.31. The molecule has 0 bridgehead atoms. The van der Waals surface area contributed by atoms with E-state index < -0.39 is 0 Å². The smallest absolute Gasteiger partial charge is 0.264 e. The third-order valence-electron chi connectivity index (χ3n) is 3.64. The molecule has 0 saturated heterocycles. The number of nitrogens with zero attached hydrogens (tertiary/aromatic N) is 4. The van der Waals surface area contributed by atoms with Gasteiger partial charge in [0.1, 0.15) is 5.75 Å². The molecular weight excluding hydrogens is 362 g/mol. The van der Waals surface area contributed by atoms with Crippen molar-refractivity contribution in [2.75, 3.05) is 5.32 Å². The van der Waals surface area contributed by atoms with E-state index in [1.54, 1.807) is 11.3 Å². The van der Waals surface area contributed by atoms with Crippen molar-refractivity contribution in [1.29, 1.82) is 0 Å². The highest BCUT2D eigenvalue weighted by Gasteiger charge is 2.10. The van der Waals surface area contributed by atoms with Crippen LogP contribution in [0.15, 0.2) is 52.4 Å². The van der Waals surface area contributed by atoms with Gasteiger partial charge in [-0.2, -0.15) is 4.98 Å². The van der Waals surface area contributed by atoms with Gasteiger partial charge in [-0.05, 0) is 43.5 Å². The Morgan fingerprint density at radius 1 is 1.04 bits per heavy atom. The van der Waals surface area contributed by atoms with Crippen molar-refractivity contribution in [3.8, 4) is 16.5 Å². The van der Waals surface area contributed by atoms with Gasteiger partial charge in [0, 0.05) is 23.1 Å². The molecule has 1 aromatic carbocycles. The zero-order valence-electron chi connectivity index (χ0n) is 14.8. The average molecular weight is 379 g/mol. The quantitative estimate of drug-likeness (QED) is 0.527. The minimum atomic E-state index is 0.196. The number of thiophene rings is 1. The second-order valence-corrected chi connectivity index (χ2v) is 6.85. The van der Waals surface area contributed by atoms with Crippen LogP contribution in [-0.2, 0) is 6.61 Å². The summed E-state index contributed by atoms with van der Waals surface area (Å²) in [5, 5.41) is 9.14. The lowest BCUT2D eigenvalue weighted by Crippen LogP contribution is -2.01. The SMILES string of the molecule is Cc1cc(C)nc(Nc2cccc(OCc3nc(-c4cccs4)no3)c2)n1. The molecule has 136 valence electrons. The van der Waals surface area contributed by atoms with Crippen molar-refractivity contribution in [2.24, 2.45) is 0 Å². The molecule has 27 heavy (non-hydrogen) atoms. The van der Waals surface area contributed by atoms with Gasteiger partial charge in [0.25, 0.3) is 5.89 Å². The van der Waals surface area contributed by atoms with Crippen molar-refractivity contribution >= 4 is 23.0 Å². The minimum Gasteiger partial charge on any atom is -0.484 e. The summed E-state index contributed by atoms with van der Waals surface area (Å²) in [7, 11) is 0. The topological polar surface area (TPSA) is 86.0 Å². The highest BCUT2D eigenvalue weighted by atomic mass is 32.1. The van der Waals surface area contributed by atoms with Crippen molar-refractivity contribution in [3.63, 3.8) is 0 Å². The molecule has 0 amide bonds. The van der Waals surface area contributed by atoms with Gasteiger partial charge < -0.3 is 14.6 Å². The third-order valence-corrected chi connectivity index (χ3v) is 4.51. The molecule has 0 aliphatic carbocycles. The Morgan fingerprint density at radius 3 is 2.67 bits per heavy atom. The zero-order chi connectivity index (χ0) is 18.6. The Morgan fingerprint density at radius 2 is 1.89 bits per heavy atom. The van der Waals surface area contributed by atoms with Crippen LogP contribution in [0.5, 0.6) is 5.75 Å². The molecule has 0 fully saturated rings. The lowest BCUT2D eigenvalue weighted by Gasteiger charge is -2.09. The molecule has 3 heterocycles. The van der Waals surface area contributed by atoms with Gasteiger partial charge in [0.2, 0.25) is 11.8 Å². The summed E-state index contributed by atoms with van der Waals surface area (Å²) >= 11 is 1.56. The second-order valence-electron chi connectivity index (χ2n) is 5.90. The predicted octanol–water partition coefficient (Wildman–Crippen LogP) is 4.53. The molecule has 7 nitrogen and oxygen atoms in total. The fraction of sp³-hybridized carbons (Fsp3) is 0.158. The molecule has 8 heteroatoms. The number of rotatable bonds is 6. The third kappa shape index (κ3) is 4.29. The van der Waals surface area contributed by atoms with Crippen LogP contribution in [0, 0.1) is 13.8 Å². The van der Waals surface area contributed by atoms with E-state index in [1.165, 1.54) is 0 Å². The first-order valence-corrected chi connectivity index (χ1v) is 9.22. The maximum absolute atomic E-state index is 5.77. The molecule has 4 aromatic rings. The summed E-state index contributed by atoms with van der Waals surface area (Å²) in [5.74, 6) is 2.24. The Hall–Kier alpha value is -3.26. The molecule has 3 aromatic heterocycles. The summed E-state index contributed by atoms with van der Waals surface area (Å²) in [6.07, 6.45) is 0. The molecule has 4 rings (SSSR count). The van der Waals surface area contributed by atoms with Crippen molar-refractivity contribution in [2.45, 2.75) is 20.5 Å². The maximum Gasteiger partial charge on any atom is 0.264 e. The van der Waals surface area contributed by atoms with Crippen LogP contribution in [0.2, 0.25) is 0 Å². The lowest BCUT2D eigenvalue weighted by atomic mass is 10.3. The number of nitrogens with one attached hydrogen (secondary N) is 1. The van der Waals surface area contributed by atoms with E-state index in [2.05, 4.69) is 25.4 Å². The van der Waals surface area contributed by atoms with Crippen LogP contribution in [0.1, 0.15) is 17.3 Å². The summed E-state index contributed by atoms with van der Waals surface area (Å²) < 4.78 is 11.0. The predicted molar refractivity (Wildman–Crippen MR) is 103 cm³/mol. The number of aromatic nitrogens is 4. The number of ether oxygens (including phenoxy) is 1. The molecule has 1 N–H and O–H groups in total. The van der Waals surface area contributed by atoms with Crippen molar-refractivity contribution in [3.05, 3.63) is 65.1 Å². The van der Waals surface area contributed by atoms with Gasteiger partial charge in [-0.25, -0.2) is 9.97 Å². The van der Waals surface area contributed by atoms with Crippen LogP contribution in [0.4, 0.5) is 11.6 Å². The molecular formula is C19H17N5O2S. The van der Waals surface area contributed by atoms with E-state index in [4.69, 9.17) is 9.26 Å². The number of benzene rings is 1. The second kappa shape index (κ2) is 7.55. The van der Waals surface area contributed by atoms with E-state index in [0.29, 0.717) is 23.4 Å². The van der Waals surface area contributed by atoms with Gasteiger partial charge in [0.15, 0.2) is 6.61 Å². The van der Waals surface area contributed by atoms with E-state index in [0.717, 1.165) is 22.0 Å². The van der Waals surface area contributed by atoms with Crippen LogP contribution in [0.25, 0.3) is 10.7 Å². The van der Waals surface area contributed by atoms with Crippen LogP contribution in [0.3, 0.4) is 0 Å². The van der Waals surface area contributed by atoms with Crippen molar-refractivity contribution in [1.82, 2.24) is 20.1 Å². The molecule has 0 atom stereocenters. The van der Waals surface area contributed by atoms with Crippen LogP contribution < -0.4 is 10.1 Å². The van der Waals surface area contributed by atoms with Gasteiger partial charge in [-0.15, -0.1) is 11.3 Å². The maximum atomic E-state index is 5.77. The van der Waals surface area contributed by atoms with Gasteiger partial charge >= 0.3 is 0 Å². The first-order valence-electron chi connectivity index (χ1n) is 8.34. The Balaban J connectivity index is 1.42. The minimum absolute atomic E-state index is 0.196. The normalized spacial score (nSPS) is 10.7. The summed E-state index contributed by atoms with van der Waals surface area (Å²) in [6, 6.07) is 13.4.